The zero-order valence-corrected chi connectivity index (χ0v) is 8.29. The van der Waals surface area contributed by atoms with E-state index in [1.54, 1.807) is 0 Å². The Morgan fingerprint density at radius 1 is 1.69 bits per heavy atom. The van der Waals surface area contributed by atoms with Crippen LogP contribution in [0.3, 0.4) is 0 Å². The molecule has 1 fully saturated rings. The summed E-state index contributed by atoms with van der Waals surface area (Å²) in [5.74, 6) is 0. The molecular formula is C9H12N2O5. The number of aliphatic hydroxyl groups excluding tert-OH is 2. The lowest BCUT2D eigenvalue weighted by atomic mass is 10.2. The number of H-pyrrole nitrogens is 1. The number of hydrogen-bond acceptors (Lipinski definition) is 5. The molecule has 3 N–H and O–H groups in total. The number of aromatic nitrogens is 2. The predicted molar refractivity (Wildman–Crippen MR) is 52.9 cm³/mol. The summed E-state index contributed by atoms with van der Waals surface area (Å²) in [5, 5.41) is 18.4. The van der Waals surface area contributed by atoms with Crippen LogP contribution in [0.15, 0.2) is 21.8 Å². The van der Waals surface area contributed by atoms with Crippen LogP contribution >= 0.6 is 0 Å². The highest BCUT2D eigenvalue weighted by molar-refractivity contribution is 4.88. The van der Waals surface area contributed by atoms with Gasteiger partial charge in [0.1, 0.15) is 12.3 Å². The van der Waals surface area contributed by atoms with Crippen molar-refractivity contribution in [3.05, 3.63) is 33.1 Å². The fourth-order valence-corrected chi connectivity index (χ4v) is 1.64. The molecule has 1 saturated heterocycles. The molecule has 1 aliphatic heterocycles. The first-order valence-electron chi connectivity index (χ1n) is 5.29. The summed E-state index contributed by atoms with van der Waals surface area (Å²) in [6, 6.07) is 0.948. The Balaban J connectivity index is 2.37. The maximum atomic E-state index is 11.5. The van der Waals surface area contributed by atoms with E-state index in [0.717, 1.165) is 10.6 Å². The van der Waals surface area contributed by atoms with E-state index >= 15 is 0 Å². The molecule has 16 heavy (non-hydrogen) atoms. The van der Waals surface area contributed by atoms with Crippen LogP contribution in [-0.4, -0.2) is 38.6 Å². The first-order valence-corrected chi connectivity index (χ1v) is 4.79. The normalized spacial score (nSPS) is 30.4. The minimum absolute atomic E-state index is 0.0864. The monoisotopic (exact) mass is 229 g/mol. The SMILES string of the molecule is [2H]c1cc(=O)[nH]c(=O)n1[C@H]1C[C@H](O)[C@@H](CO)O1. The van der Waals surface area contributed by atoms with E-state index in [0.29, 0.717) is 0 Å². The van der Waals surface area contributed by atoms with Gasteiger partial charge in [0.25, 0.3) is 5.56 Å². The number of aromatic amines is 1. The Labute approximate surface area is 91.3 Å². The van der Waals surface area contributed by atoms with Crippen molar-refractivity contribution in [1.82, 2.24) is 9.55 Å². The van der Waals surface area contributed by atoms with Gasteiger partial charge in [0.2, 0.25) is 0 Å². The lowest BCUT2D eigenvalue weighted by Crippen LogP contribution is -2.31. The summed E-state index contributed by atoms with van der Waals surface area (Å²) in [7, 11) is 0. The standard InChI is InChI=1S/C9H12N2O5/c12-4-6-5(13)3-8(16-6)11-2-1-7(14)10-9(11)15/h1-2,5-6,8,12-13H,3-4H2,(H,10,14,15)/t5-,6+,8+/m0/s1/i2D. The van der Waals surface area contributed by atoms with Crippen LogP contribution < -0.4 is 11.2 Å². The maximum Gasteiger partial charge on any atom is 0.330 e. The highest BCUT2D eigenvalue weighted by atomic mass is 16.5. The maximum absolute atomic E-state index is 11.5. The Hall–Kier alpha value is -1.44. The van der Waals surface area contributed by atoms with E-state index in [4.69, 9.17) is 11.2 Å². The summed E-state index contributed by atoms with van der Waals surface area (Å²) in [4.78, 5) is 24.5. The van der Waals surface area contributed by atoms with Crippen molar-refractivity contribution in [3.8, 4) is 0 Å². The smallest absolute Gasteiger partial charge is 0.330 e. The van der Waals surface area contributed by atoms with E-state index in [-0.39, 0.29) is 19.2 Å². The topological polar surface area (TPSA) is 105 Å². The minimum Gasteiger partial charge on any atom is -0.394 e. The molecule has 2 heterocycles. The first-order chi connectivity index (χ1) is 8.02. The van der Waals surface area contributed by atoms with Crippen LogP contribution in [0.4, 0.5) is 0 Å². The molecule has 0 aromatic carbocycles. The van der Waals surface area contributed by atoms with Gasteiger partial charge in [0.05, 0.1) is 14.1 Å². The van der Waals surface area contributed by atoms with Crippen LogP contribution in [0.5, 0.6) is 0 Å². The summed E-state index contributed by atoms with van der Waals surface area (Å²) >= 11 is 0. The van der Waals surface area contributed by atoms with Crippen molar-refractivity contribution in [2.75, 3.05) is 6.61 Å². The molecule has 7 heteroatoms. The average Bonchev–Trinajstić information content (AvgIpc) is 2.57. The van der Waals surface area contributed by atoms with Gasteiger partial charge in [-0.05, 0) is 0 Å². The number of aliphatic hydroxyl groups is 2. The van der Waals surface area contributed by atoms with Gasteiger partial charge in [-0.1, -0.05) is 0 Å². The third-order valence-electron chi connectivity index (χ3n) is 2.46. The van der Waals surface area contributed by atoms with Gasteiger partial charge in [-0.15, -0.1) is 0 Å². The van der Waals surface area contributed by atoms with Gasteiger partial charge in [-0.3, -0.25) is 14.3 Å². The van der Waals surface area contributed by atoms with Crippen molar-refractivity contribution in [2.45, 2.75) is 24.9 Å². The largest absolute Gasteiger partial charge is 0.394 e. The molecule has 3 atom stereocenters. The number of rotatable bonds is 2. The van der Waals surface area contributed by atoms with E-state index in [1.807, 2.05) is 4.98 Å². The van der Waals surface area contributed by atoms with Crippen molar-refractivity contribution in [1.29, 1.82) is 0 Å². The second-order valence-corrected chi connectivity index (χ2v) is 3.55. The highest BCUT2D eigenvalue weighted by Crippen LogP contribution is 2.26. The molecule has 1 aromatic rings. The quantitative estimate of drug-likeness (QED) is 0.553. The lowest BCUT2D eigenvalue weighted by molar-refractivity contribution is -0.0459. The number of nitrogens with one attached hydrogen (secondary N) is 1. The van der Waals surface area contributed by atoms with Crippen LogP contribution in [-0.2, 0) is 4.74 Å². The molecule has 0 amide bonds. The van der Waals surface area contributed by atoms with Crippen LogP contribution in [0.1, 0.15) is 14.0 Å². The molecule has 1 aliphatic rings. The van der Waals surface area contributed by atoms with Crippen LogP contribution in [0, 0.1) is 0 Å². The van der Waals surface area contributed by atoms with E-state index in [9.17, 15) is 14.7 Å². The first kappa shape index (κ1) is 9.76. The van der Waals surface area contributed by atoms with Gasteiger partial charge in [0.15, 0.2) is 0 Å². The van der Waals surface area contributed by atoms with E-state index in [1.165, 1.54) is 0 Å². The van der Waals surface area contributed by atoms with E-state index < -0.39 is 29.7 Å². The molecule has 1 aromatic heterocycles. The van der Waals surface area contributed by atoms with Gasteiger partial charge in [-0.2, -0.15) is 0 Å². The summed E-state index contributed by atoms with van der Waals surface area (Å²) in [6.45, 7) is -0.372. The molecule has 2 rings (SSSR count). The summed E-state index contributed by atoms with van der Waals surface area (Å²) in [6.07, 6.45) is -2.74. The summed E-state index contributed by atoms with van der Waals surface area (Å²) in [5.41, 5.74) is -1.42. The number of ether oxygens (including phenoxy) is 1. The van der Waals surface area contributed by atoms with Gasteiger partial charge in [0, 0.05) is 18.7 Å². The molecule has 0 radical (unpaired) electrons. The van der Waals surface area contributed by atoms with Crippen LogP contribution in [0.2, 0.25) is 0 Å². The minimum atomic E-state index is -0.900. The zero-order valence-electron chi connectivity index (χ0n) is 9.29. The molecule has 0 aliphatic carbocycles. The van der Waals surface area contributed by atoms with Gasteiger partial charge in [-0.25, -0.2) is 4.79 Å². The van der Waals surface area contributed by atoms with Crippen molar-refractivity contribution >= 4 is 0 Å². The molecule has 0 bridgehead atoms. The number of nitrogens with zero attached hydrogens (tertiary/aromatic N) is 1. The zero-order chi connectivity index (χ0) is 12.6. The third-order valence-corrected chi connectivity index (χ3v) is 2.46. The lowest BCUT2D eigenvalue weighted by Gasteiger charge is -2.13. The van der Waals surface area contributed by atoms with Crippen molar-refractivity contribution in [3.63, 3.8) is 0 Å². The van der Waals surface area contributed by atoms with Gasteiger partial charge < -0.3 is 14.9 Å². The summed E-state index contributed by atoms with van der Waals surface area (Å²) < 4.78 is 13.7. The Morgan fingerprint density at radius 3 is 3.00 bits per heavy atom. The molecule has 88 valence electrons. The third kappa shape index (κ3) is 1.92. The fourth-order valence-electron chi connectivity index (χ4n) is 1.64. The average molecular weight is 229 g/mol. The molecule has 0 spiro atoms. The Bertz CT molecular complexity index is 525. The fraction of sp³-hybridized carbons (Fsp3) is 0.556. The Morgan fingerprint density at radius 2 is 2.44 bits per heavy atom. The molecular weight excluding hydrogens is 216 g/mol. The molecule has 0 saturated carbocycles. The number of hydrogen-bond donors (Lipinski definition) is 3. The second-order valence-electron chi connectivity index (χ2n) is 3.55. The van der Waals surface area contributed by atoms with E-state index in [2.05, 4.69) is 0 Å². The Kier molecular flexibility index (Phi) is 2.56. The van der Waals surface area contributed by atoms with Gasteiger partial charge >= 0.3 is 5.69 Å². The second kappa shape index (κ2) is 4.20. The predicted octanol–water partition coefficient (Wildman–Crippen LogP) is -1.82. The van der Waals surface area contributed by atoms with Crippen molar-refractivity contribution in [2.24, 2.45) is 0 Å². The van der Waals surface area contributed by atoms with Crippen molar-refractivity contribution < 1.29 is 16.3 Å². The molecule has 0 unspecified atom stereocenters. The highest BCUT2D eigenvalue weighted by Gasteiger charge is 2.34. The molecule has 7 nitrogen and oxygen atoms in total. The van der Waals surface area contributed by atoms with Crippen LogP contribution in [0.25, 0.3) is 0 Å².